The molecule has 1 rings (SSSR count). The summed E-state index contributed by atoms with van der Waals surface area (Å²) < 4.78 is 0. The van der Waals surface area contributed by atoms with Crippen LogP contribution in [-0.4, -0.2) is 34.6 Å². The number of rotatable bonds is 5. The van der Waals surface area contributed by atoms with Gasteiger partial charge >= 0.3 is 5.97 Å². The number of hydrogen-bond acceptors (Lipinski definition) is 4. The van der Waals surface area contributed by atoms with Crippen molar-refractivity contribution in [1.82, 2.24) is 10.3 Å². The monoisotopic (exact) mass is 237 g/mol. The smallest absolute Gasteiger partial charge is 0.339 e. The number of aromatic carboxylic acids is 1. The summed E-state index contributed by atoms with van der Waals surface area (Å²) in [6.07, 6.45) is 2.71. The lowest BCUT2D eigenvalue weighted by atomic mass is 10.2. The molecular weight excluding hydrogens is 222 g/mol. The molecule has 0 bridgehead atoms. The third-order valence-electron chi connectivity index (χ3n) is 1.94. The molecule has 0 radical (unpaired) electrons. The zero-order valence-corrected chi connectivity index (χ0v) is 9.73. The molecule has 6 nitrogen and oxygen atoms in total. The van der Waals surface area contributed by atoms with Gasteiger partial charge in [-0.15, -0.1) is 0 Å². The molecule has 3 N–H and O–H groups in total. The maximum atomic E-state index is 11.4. The van der Waals surface area contributed by atoms with Gasteiger partial charge in [-0.3, -0.25) is 9.78 Å². The summed E-state index contributed by atoms with van der Waals surface area (Å²) in [4.78, 5) is 26.0. The molecule has 0 aliphatic carbocycles. The molecule has 0 aliphatic heterocycles. The fourth-order valence-corrected chi connectivity index (χ4v) is 1.27. The van der Waals surface area contributed by atoms with Crippen LogP contribution in [-0.2, 0) is 4.79 Å². The molecule has 0 fully saturated rings. The van der Waals surface area contributed by atoms with Crippen LogP contribution in [0.15, 0.2) is 18.5 Å². The quantitative estimate of drug-likeness (QED) is 0.701. The number of aromatic nitrogens is 1. The van der Waals surface area contributed by atoms with Gasteiger partial charge in [0.05, 0.1) is 12.2 Å². The van der Waals surface area contributed by atoms with Crippen LogP contribution in [0.25, 0.3) is 0 Å². The highest BCUT2D eigenvalue weighted by Gasteiger charge is 2.10. The minimum atomic E-state index is -1.08. The number of carboxylic acids is 1. The molecule has 0 unspecified atom stereocenters. The maximum absolute atomic E-state index is 11.4. The molecule has 92 valence electrons. The van der Waals surface area contributed by atoms with Crippen LogP contribution < -0.4 is 10.6 Å². The molecule has 0 saturated heterocycles. The Bertz CT molecular complexity index is 418. The number of pyridine rings is 1. The summed E-state index contributed by atoms with van der Waals surface area (Å²) in [6.45, 7) is 3.74. The lowest BCUT2D eigenvalue weighted by molar-refractivity contribution is -0.119. The highest BCUT2D eigenvalue weighted by molar-refractivity contribution is 5.94. The van der Waals surface area contributed by atoms with E-state index in [1.165, 1.54) is 18.5 Å². The number of nitrogens with zero attached hydrogens (tertiary/aromatic N) is 1. The minimum absolute atomic E-state index is 0.0302. The normalized spacial score (nSPS) is 10.1. The number of anilines is 1. The van der Waals surface area contributed by atoms with Crippen LogP contribution in [0.5, 0.6) is 0 Å². The first-order valence-corrected chi connectivity index (χ1v) is 5.21. The molecule has 17 heavy (non-hydrogen) atoms. The van der Waals surface area contributed by atoms with Gasteiger partial charge in [0.1, 0.15) is 5.56 Å². The Balaban J connectivity index is 2.63. The van der Waals surface area contributed by atoms with Gasteiger partial charge in [0.25, 0.3) is 0 Å². The lowest BCUT2D eigenvalue weighted by Crippen LogP contribution is -2.35. The van der Waals surface area contributed by atoms with Crippen LogP contribution in [0.4, 0.5) is 5.69 Å². The van der Waals surface area contributed by atoms with E-state index in [0.717, 1.165) is 0 Å². The van der Waals surface area contributed by atoms with Crippen molar-refractivity contribution in [3.8, 4) is 0 Å². The highest BCUT2D eigenvalue weighted by atomic mass is 16.4. The summed E-state index contributed by atoms with van der Waals surface area (Å²) >= 11 is 0. The first-order chi connectivity index (χ1) is 8.00. The third kappa shape index (κ3) is 4.10. The largest absolute Gasteiger partial charge is 0.478 e. The second-order valence-corrected chi connectivity index (χ2v) is 3.80. The molecule has 0 atom stereocenters. The Morgan fingerprint density at radius 2 is 2.18 bits per heavy atom. The van der Waals surface area contributed by atoms with Gasteiger partial charge in [-0.2, -0.15) is 0 Å². The van der Waals surface area contributed by atoms with Gasteiger partial charge in [-0.05, 0) is 19.9 Å². The first kappa shape index (κ1) is 13.0. The van der Waals surface area contributed by atoms with Gasteiger partial charge in [-0.25, -0.2) is 4.79 Å². The van der Waals surface area contributed by atoms with Crippen molar-refractivity contribution in [3.63, 3.8) is 0 Å². The van der Waals surface area contributed by atoms with E-state index in [-0.39, 0.29) is 24.1 Å². The predicted octanol–water partition coefficient (Wildman–Crippen LogP) is 0.716. The fourth-order valence-electron chi connectivity index (χ4n) is 1.27. The van der Waals surface area contributed by atoms with E-state index in [1.54, 1.807) is 0 Å². The van der Waals surface area contributed by atoms with Crippen molar-refractivity contribution in [3.05, 3.63) is 24.0 Å². The average molecular weight is 237 g/mol. The molecule has 1 aromatic rings. The van der Waals surface area contributed by atoms with E-state index in [2.05, 4.69) is 15.6 Å². The van der Waals surface area contributed by atoms with Crippen LogP contribution in [0, 0.1) is 0 Å². The van der Waals surface area contributed by atoms with Gasteiger partial charge in [-0.1, -0.05) is 0 Å². The topological polar surface area (TPSA) is 91.3 Å². The number of carbonyl (C=O) groups excluding carboxylic acids is 1. The standard InChI is InChI=1S/C11H15N3O3/c1-7(2)14-10(15)6-13-9-3-4-12-5-8(9)11(16)17/h3-5,7H,6H2,1-2H3,(H,12,13)(H,14,15)(H,16,17). The Hall–Kier alpha value is -2.11. The molecule has 1 amide bonds. The lowest BCUT2D eigenvalue weighted by Gasteiger charge is -2.11. The molecule has 0 saturated carbocycles. The Kier molecular flexibility index (Phi) is 4.45. The summed E-state index contributed by atoms with van der Waals surface area (Å²) in [5, 5.41) is 14.4. The van der Waals surface area contributed by atoms with Gasteiger partial charge in [0, 0.05) is 18.4 Å². The minimum Gasteiger partial charge on any atom is -0.478 e. The van der Waals surface area contributed by atoms with Gasteiger partial charge in [0.15, 0.2) is 0 Å². The summed E-state index contributed by atoms with van der Waals surface area (Å²) in [5.74, 6) is -1.27. The highest BCUT2D eigenvalue weighted by Crippen LogP contribution is 2.12. The first-order valence-electron chi connectivity index (χ1n) is 5.21. The average Bonchev–Trinajstić information content (AvgIpc) is 2.25. The molecular formula is C11H15N3O3. The molecule has 6 heteroatoms. The SMILES string of the molecule is CC(C)NC(=O)CNc1ccncc1C(=O)O. The van der Waals surface area contributed by atoms with Crippen LogP contribution in [0.1, 0.15) is 24.2 Å². The third-order valence-corrected chi connectivity index (χ3v) is 1.94. The summed E-state index contributed by atoms with van der Waals surface area (Å²) in [5.41, 5.74) is 0.427. The fraction of sp³-hybridized carbons (Fsp3) is 0.364. The Morgan fingerprint density at radius 3 is 2.76 bits per heavy atom. The van der Waals surface area contributed by atoms with Crippen molar-refractivity contribution in [2.45, 2.75) is 19.9 Å². The van der Waals surface area contributed by atoms with Crippen molar-refractivity contribution in [1.29, 1.82) is 0 Å². The number of carbonyl (C=O) groups is 2. The van der Waals surface area contributed by atoms with Gasteiger partial charge in [0.2, 0.25) is 5.91 Å². The predicted molar refractivity (Wildman–Crippen MR) is 63.0 cm³/mol. The molecule has 0 aromatic carbocycles. The van der Waals surface area contributed by atoms with Gasteiger partial charge < -0.3 is 15.7 Å². The number of carboxylic acid groups (broad SMARTS) is 1. The molecule has 1 heterocycles. The van der Waals surface area contributed by atoms with Crippen molar-refractivity contribution in [2.24, 2.45) is 0 Å². The summed E-state index contributed by atoms with van der Waals surface area (Å²) in [7, 11) is 0. The number of hydrogen-bond donors (Lipinski definition) is 3. The van der Waals surface area contributed by atoms with Crippen molar-refractivity contribution >= 4 is 17.6 Å². The Labute approximate surface area is 99.1 Å². The van der Waals surface area contributed by atoms with Crippen LogP contribution in [0.3, 0.4) is 0 Å². The molecule has 0 spiro atoms. The van der Waals surface area contributed by atoms with Crippen LogP contribution in [0.2, 0.25) is 0 Å². The number of amides is 1. The zero-order valence-electron chi connectivity index (χ0n) is 9.73. The van der Waals surface area contributed by atoms with E-state index in [4.69, 9.17) is 5.11 Å². The molecule has 0 aliphatic rings. The second-order valence-electron chi connectivity index (χ2n) is 3.80. The maximum Gasteiger partial charge on any atom is 0.339 e. The van der Waals surface area contributed by atoms with E-state index in [0.29, 0.717) is 5.69 Å². The van der Waals surface area contributed by atoms with E-state index in [1.807, 2.05) is 13.8 Å². The summed E-state index contributed by atoms with van der Waals surface area (Å²) in [6, 6.07) is 1.58. The second kappa shape index (κ2) is 5.83. The van der Waals surface area contributed by atoms with E-state index in [9.17, 15) is 9.59 Å². The molecule has 1 aromatic heterocycles. The van der Waals surface area contributed by atoms with Crippen molar-refractivity contribution in [2.75, 3.05) is 11.9 Å². The van der Waals surface area contributed by atoms with Crippen LogP contribution >= 0.6 is 0 Å². The van der Waals surface area contributed by atoms with E-state index >= 15 is 0 Å². The van der Waals surface area contributed by atoms with Crippen molar-refractivity contribution < 1.29 is 14.7 Å². The zero-order chi connectivity index (χ0) is 12.8. The van der Waals surface area contributed by atoms with E-state index < -0.39 is 5.97 Å². The number of nitrogens with one attached hydrogen (secondary N) is 2. The Morgan fingerprint density at radius 1 is 1.47 bits per heavy atom.